The number of methoxy groups -OCH3 is 1. The molecule has 0 unspecified atom stereocenters. The number of esters is 1. The van der Waals surface area contributed by atoms with Crippen molar-refractivity contribution >= 4 is 28.4 Å². The van der Waals surface area contributed by atoms with Gasteiger partial charge in [0.05, 0.1) is 25.8 Å². The zero-order valence-electron chi connectivity index (χ0n) is 15.0. The van der Waals surface area contributed by atoms with Crippen molar-refractivity contribution in [1.82, 2.24) is 4.40 Å². The summed E-state index contributed by atoms with van der Waals surface area (Å²) in [7, 11) is 1.36. The Bertz CT molecular complexity index is 921. The van der Waals surface area contributed by atoms with E-state index < -0.39 is 0 Å². The summed E-state index contributed by atoms with van der Waals surface area (Å²) in [5.74, 6) is 0.939. The van der Waals surface area contributed by atoms with Gasteiger partial charge in [-0.1, -0.05) is 26.0 Å². The number of carbonyl (C=O) groups is 2. The van der Waals surface area contributed by atoms with Crippen LogP contribution in [-0.2, 0) is 16.0 Å². The summed E-state index contributed by atoms with van der Waals surface area (Å²) in [5, 5.41) is 1.88. The molecule has 0 atom stereocenters. The molecule has 0 bridgehead atoms. The molecule has 0 amide bonds. The van der Waals surface area contributed by atoms with Crippen molar-refractivity contribution in [3.05, 3.63) is 47.1 Å². The van der Waals surface area contributed by atoms with Gasteiger partial charge in [-0.05, 0) is 29.7 Å². The van der Waals surface area contributed by atoms with Crippen molar-refractivity contribution in [2.45, 2.75) is 20.3 Å². The molecule has 6 heteroatoms. The van der Waals surface area contributed by atoms with Crippen LogP contribution in [0.2, 0.25) is 0 Å². The van der Waals surface area contributed by atoms with Crippen LogP contribution in [0.15, 0.2) is 35.7 Å². The second kappa shape index (κ2) is 7.74. The SMILES string of the molecule is COC(=O)Cc1csc2cc(-c3ccc(OCC(C)C)cc3)c(C=O)n12. The van der Waals surface area contributed by atoms with Crippen molar-refractivity contribution in [3.63, 3.8) is 0 Å². The molecular formula is C20H21NO4S. The number of carbonyl (C=O) groups excluding carboxylic acids is 2. The van der Waals surface area contributed by atoms with Gasteiger partial charge in [-0.15, -0.1) is 11.3 Å². The molecule has 0 N–H and O–H groups in total. The summed E-state index contributed by atoms with van der Waals surface area (Å²) in [6.45, 7) is 4.87. The van der Waals surface area contributed by atoms with Gasteiger partial charge in [0.1, 0.15) is 10.6 Å². The lowest BCUT2D eigenvalue weighted by atomic mass is 10.1. The molecule has 3 rings (SSSR count). The molecule has 0 aliphatic carbocycles. The molecule has 2 heterocycles. The molecule has 0 spiro atoms. The number of benzene rings is 1. The van der Waals surface area contributed by atoms with Gasteiger partial charge in [-0.2, -0.15) is 0 Å². The van der Waals surface area contributed by atoms with Gasteiger partial charge in [0.2, 0.25) is 0 Å². The maximum Gasteiger partial charge on any atom is 0.311 e. The third kappa shape index (κ3) is 3.65. The van der Waals surface area contributed by atoms with Crippen molar-refractivity contribution in [1.29, 1.82) is 0 Å². The molecule has 0 fully saturated rings. The fraction of sp³-hybridized carbons (Fsp3) is 0.300. The summed E-state index contributed by atoms with van der Waals surface area (Å²) in [6.07, 6.45) is 0.965. The number of hydrogen-bond acceptors (Lipinski definition) is 5. The van der Waals surface area contributed by atoms with E-state index in [4.69, 9.17) is 9.47 Å². The molecule has 0 saturated carbocycles. The zero-order chi connectivity index (χ0) is 18.7. The van der Waals surface area contributed by atoms with Gasteiger partial charge in [0.25, 0.3) is 0 Å². The standard InChI is InChI=1S/C20H21NO4S/c1-13(2)11-25-16-6-4-14(5-7-16)17-9-19-21(18(17)10-22)15(12-26-19)8-20(23)24-3/h4-7,9-10,12-13H,8,11H2,1-3H3. The Morgan fingerprint density at radius 3 is 2.62 bits per heavy atom. The topological polar surface area (TPSA) is 57.0 Å². The lowest BCUT2D eigenvalue weighted by Gasteiger charge is -2.09. The van der Waals surface area contributed by atoms with E-state index in [0.717, 1.165) is 33.7 Å². The summed E-state index contributed by atoms with van der Waals surface area (Å²) < 4.78 is 12.3. The Kier molecular flexibility index (Phi) is 5.42. The first kappa shape index (κ1) is 18.2. The third-order valence-electron chi connectivity index (χ3n) is 4.02. The van der Waals surface area contributed by atoms with E-state index in [0.29, 0.717) is 18.2 Å². The van der Waals surface area contributed by atoms with E-state index in [1.165, 1.54) is 18.4 Å². The number of aldehydes is 1. The Labute approximate surface area is 156 Å². The van der Waals surface area contributed by atoms with Crippen molar-refractivity contribution in [2.75, 3.05) is 13.7 Å². The smallest absolute Gasteiger partial charge is 0.311 e. The first-order chi connectivity index (χ1) is 12.5. The maximum atomic E-state index is 11.8. The lowest BCUT2D eigenvalue weighted by molar-refractivity contribution is -0.139. The summed E-state index contributed by atoms with van der Waals surface area (Å²) in [5.41, 5.74) is 3.07. The molecule has 0 saturated heterocycles. The van der Waals surface area contributed by atoms with Crippen LogP contribution < -0.4 is 4.74 Å². The van der Waals surface area contributed by atoms with E-state index >= 15 is 0 Å². The highest BCUT2D eigenvalue weighted by Crippen LogP contribution is 2.32. The number of nitrogens with zero attached hydrogens (tertiary/aromatic N) is 1. The van der Waals surface area contributed by atoms with Gasteiger partial charge in [0.15, 0.2) is 6.29 Å². The molecule has 0 radical (unpaired) electrons. The zero-order valence-corrected chi connectivity index (χ0v) is 15.8. The monoisotopic (exact) mass is 371 g/mol. The van der Waals surface area contributed by atoms with E-state index in [1.54, 1.807) is 0 Å². The van der Waals surface area contributed by atoms with Gasteiger partial charge in [-0.25, -0.2) is 0 Å². The third-order valence-corrected chi connectivity index (χ3v) is 4.95. The van der Waals surface area contributed by atoms with Gasteiger partial charge in [-0.3, -0.25) is 9.59 Å². The molecule has 26 heavy (non-hydrogen) atoms. The molecular weight excluding hydrogens is 350 g/mol. The summed E-state index contributed by atoms with van der Waals surface area (Å²) in [4.78, 5) is 24.3. The molecule has 3 aromatic rings. The van der Waals surface area contributed by atoms with E-state index in [2.05, 4.69) is 13.8 Å². The Hall–Kier alpha value is -2.60. The highest BCUT2D eigenvalue weighted by atomic mass is 32.1. The van der Waals surface area contributed by atoms with Crippen LogP contribution in [0, 0.1) is 5.92 Å². The van der Waals surface area contributed by atoms with Crippen molar-refractivity contribution < 1.29 is 19.1 Å². The van der Waals surface area contributed by atoms with Gasteiger partial charge >= 0.3 is 5.97 Å². The molecule has 2 aromatic heterocycles. The quantitative estimate of drug-likeness (QED) is 0.461. The van der Waals surface area contributed by atoms with E-state index in [-0.39, 0.29) is 12.4 Å². The van der Waals surface area contributed by atoms with Crippen LogP contribution in [-0.4, -0.2) is 30.4 Å². The number of thiazole rings is 1. The van der Waals surface area contributed by atoms with Gasteiger partial charge < -0.3 is 13.9 Å². The number of aromatic nitrogens is 1. The van der Waals surface area contributed by atoms with Crippen LogP contribution in [0.1, 0.15) is 30.0 Å². The predicted octanol–water partition coefficient (Wildman–Crippen LogP) is 4.23. The maximum absolute atomic E-state index is 11.8. The molecule has 1 aromatic carbocycles. The number of hydrogen-bond donors (Lipinski definition) is 0. The molecule has 0 aliphatic heterocycles. The highest BCUT2D eigenvalue weighted by molar-refractivity contribution is 7.15. The van der Waals surface area contributed by atoms with Crippen LogP contribution in [0.3, 0.4) is 0 Å². The molecule has 136 valence electrons. The largest absolute Gasteiger partial charge is 0.493 e. The Morgan fingerprint density at radius 2 is 2.00 bits per heavy atom. The van der Waals surface area contributed by atoms with Crippen LogP contribution in [0.4, 0.5) is 0 Å². The van der Waals surface area contributed by atoms with Crippen molar-refractivity contribution in [3.8, 4) is 16.9 Å². The minimum Gasteiger partial charge on any atom is -0.493 e. The second-order valence-corrected chi connectivity index (χ2v) is 7.33. The predicted molar refractivity (Wildman–Crippen MR) is 102 cm³/mol. The minimum atomic E-state index is -0.330. The lowest BCUT2D eigenvalue weighted by Crippen LogP contribution is -2.07. The van der Waals surface area contributed by atoms with Crippen LogP contribution in [0.5, 0.6) is 5.75 Å². The van der Waals surface area contributed by atoms with E-state index in [1.807, 2.05) is 40.1 Å². The summed E-state index contributed by atoms with van der Waals surface area (Å²) >= 11 is 1.50. The van der Waals surface area contributed by atoms with Crippen LogP contribution in [0.25, 0.3) is 16.0 Å². The van der Waals surface area contributed by atoms with Crippen molar-refractivity contribution in [2.24, 2.45) is 5.92 Å². The Balaban J connectivity index is 1.95. The number of ether oxygens (including phenoxy) is 2. The second-order valence-electron chi connectivity index (χ2n) is 6.44. The number of fused-ring (bicyclic) bond motifs is 1. The minimum absolute atomic E-state index is 0.132. The average molecular weight is 371 g/mol. The normalized spacial score (nSPS) is 11.1. The van der Waals surface area contributed by atoms with Gasteiger partial charge in [0, 0.05) is 16.6 Å². The molecule has 0 aliphatic rings. The fourth-order valence-electron chi connectivity index (χ4n) is 2.75. The molecule has 5 nitrogen and oxygen atoms in total. The summed E-state index contributed by atoms with van der Waals surface area (Å²) in [6, 6.07) is 9.68. The highest BCUT2D eigenvalue weighted by Gasteiger charge is 2.17. The Morgan fingerprint density at radius 1 is 1.27 bits per heavy atom. The average Bonchev–Trinajstić information content (AvgIpc) is 3.20. The fourth-order valence-corrected chi connectivity index (χ4v) is 3.70. The van der Waals surface area contributed by atoms with Crippen LogP contribution >= 0.6 is 11.3 Å². The number of rotatable bonds is 7. The van der Waals surface area contributed by atoms with E-state index in [9.17, 15) is 9.59 Å². The first-order valence-corrected chi connectivity index (χ1v) is 9.28. The first-order valence-electron chi connectivity index (χ1n) is 8.40.